The van der Waals surface area contributed by atoms with Crippen molar-refractivity contribution in [3.8, 4) is 5.75 Å². The number of nitrogens with zero attached hydrogens (tertiary/aromatic N) is 1. The monoisotopic (exact) mass is 354 g/mol. The molecule has 0 unspecified atom stereocenters. The molecule has 0 bridgehead atoms. The van der Waals surface area contributed by atoms with Gasteiger partial charge in [-0.3, -0.25) is 9.59 Å². The average molecular weight is 354 g/mol. The van der Waals surface area contributed by atoms with Crippen molar-refractivity contribution in [2.75, 3.05) is 23.4 Å². The van der Waals surface area contributed by atoms with Gasteiger partial charge in [-0.05, 0) is 62.2 Å². The number of carbonyl (C=O) groups excluding carboxylic acids is 2. The number of aryl methyl sites for hydroxylation is 1. The molecule has 1 N–H and O–H groups in total. The van der Waals surface area contributed by atoms with Gasteiger partial charge in [0, 0.05) is 31.3 Å². The van der Waals surface area contributed by atoms with E-state index in [4.69, 9.17) is 4.74 Å². The first-order valence-corrected chi connectivity index (χ1v) is 8.79. The van der Waals surface area contributed by atoms with E-state index in [1.165, 1.54) is 6.92 Å². The maximum absolute atomic E-state index is 12.3. The number of nitrogens with one attached hydrogen (secondary N) is 1. The lowest BCUT2D eigenvalue weighted by molar-refractivity contribution is -0.117. The summed E-state index contributed by atoms with van der Waals surface area (Å²) in [4.78, 5) is 25.9. The second-order valence-corrected chi connectivity index (χ2v) is 6.14. The molecule has 2 rings (SSSR count). The minimum Gasteiger partial charge on any atom is -0.494 e. The Balaban J connectivity index is 2.00. The van der Waals surface area contributed by atoms with Crippen LogP contribution in [0.1, 0.15) is 31.4 Å². The van der Waals surface area contributed by atoms with Gasteiger partial charge in [-0.25, -0.2) is 0 Å². The Bertz CT molecular complexity index is 769. The van der Waals surface area contributed by atoms with E-state index in [-0.39, 0.29) is 18.2 Å². The maximum Gasteiger partial charge on any atom is 0.226 e. The van der Waals surface area contributed by atoms with E-state index in [1.54, 1.807) is 4.90 Å². The summed E-state index contributed by atoms with van der Waals surface area (Å²) in [6, 6.07) is 13.1. The van der Waals surface area contributed by atoms with Crippen LogP contribution in [-0.4, -0.2) is 25.0 Å². The molecule has 0 fully saturated rings. The Labute approximate surface area is 155 Å². The number of anilines is 2. The standard InChI is InChI=1S/C21H26N2O3/c1-5-26-19-11-9-18(10-12-19)23(17(4)24)14-13-21(25)22-20-8-6-7-15(2)16(20)3/h6-12H,5,13-14H2,1-4H3,(H,22,25). The third-order valence-electron chi connectivity index (χ3n) is 4.28. The molecule has 5 heteroatoms. The third-order valence-corrected chi connectivity index (χ3v) is 4.28. The smallest absolute Gasteiger partial charge is 0.226 e. The number of rotatable bonds is 7. The van der Waals surface area contributed by atoms with Gasteiger partial charge in [0.1, 0.15) is 5.75 Å². The van der Waals surface area contributed by atoms with Crippen LogP contribution in [0.2, 0.25) is 0 Å². The fraction of sp³-hybridized carbons (Fsp3) is 0.333. The van der Waals surface area contributed by atoms with E-state index in [0.29, 0.717) is 13.2 Å². The van der Waals surface area contributed by atoms with Gasteiger partial charge >= 0.3 is 0 Å². The van der Waals surface area contributed by atoms with E-state index in [0.717, 1.165) is 28.3 Å². The lowest BCUT2D eigenvalue weighted by Gasteiger charge is -2.21. The van der Waals surface area contributed by atoms with Gasteiger partial charge in [0.2, 0.25) is 11.8 Å². The van der Waals surface area contributed by atoms with Crippen molar-refractivity contribution in [2.24, 2.45) is 0 Å². The van der Waals surface area contributed by atoms with E-state index < -0.39 is 0 Å². The number of hydrogen-bond donors (Lipinski definition) is 1. The number of carbonyl (C=O) groups is 2. The minimum absolute atomic E-state index is 0.103. The summed E-state index contributed by atoms with van der Waals surface area (Å²) in [5.74, 6) is 0.539. The fourth-order valence-electron chi connectivity index (χ4n) is 2.67. The zero-order valence-corrected chi connectivity index (χ0v) is 15.8. The first kappa shape index (κ1) is 19.5. The Morgan fingerprint density at radius 1 is 1.08 bits per heavy atom. The van der Waals surface area contributed by atoms with Crippen LogP contribution in [-0.2, 0) is 9.59 Å². The van der Waals surface area contributed by atoms with Crippen molar-refractivity contribution in [3.05, 3.63) is 53.6 Å². The van der Waals surface area contributed by atoms with Gasteiger partial charge in [-0.2, -0.15) is 0 Å². The first-order chi connectivity index (χ1) is 12.4. The molecule has 26 heavy (non-hydrogen) atoms. The average Bonchev–Trinajstić information content (AvgIpc) is 2.60. The summed E-state index contributed by atoms with van der Waals surface area (Å²) in [6.45, 7) is 8.32. The highest BCUT2D eigenvalue weighted by molar-refractivity contribution is 5.95. The minimum atomic E-state index is -0.115. The zero-order valence-electron chi connectivity index (χ0n) is 15.8. The maximum atomic E-state index is 12.3. The molecule has 138 valence electrons. The second kappa shape index (κ2) is 9.04. The summed E-state index contributed by atoms with van der Waals surface area (Å²) in [7, 11) is 0. The molecule has 0 aliphatic heterocycles. The molecular weight excluding hydrogens is 328 g/mol. The highest BCUT2D eigenvalue weighted by Gasteiger charge is 2.14. The summed E-state index contributed by atoms with van der Waals surface area (Å²) < 4.78 is 5.42. The van der Waals surface area contributed by atoms with Crippen molar-refractivity contribution < 1.29 is 14.3 Å². The Hall–Kier alpha value is -2.82. The second-order valence-electron chi connectivity index (χ2n) is 6.14. The Morgan fingerprint density at radius 2 is 1.77 bits per heavy atom. The molecule has 2 aromatic rings. The molecule has 0 saturated carbocycles. The van der Waals surface area contributed by atoms with Crippen LogP contribution in [0.4, 0.5) is 11.4 Å². The first-order valence-electron chi connectivity index (χ1n) is 8.79. The largest absolute Gasteiger partial charge is 0.494 e. The molecule has 2 amide bonds. The lowest BCUT2D eigenvalue weighted by Crippen LogP contribution is -2.32. The molecule has 0 atom stereocenters. The molecule has 2 aromatic carbocycles. The molecule has 0 heterocycles. The predicted molar refractivity (Wildman–Crippen MR) is 105 cm³/mol. The van der Waals surface area contributed by atoms with Crippen LogP contribution in [0.15, 0.2) is 42.5 Å². The van der Waals surface area contributed by atoms with Gasteiger partial charge in [0.05, 0.1) is 6.61 Å². The Morgan fingerprint density at radius 3 is 2.38 bits per heavy atom. The van der Waals surface area contributed by atoms with Crippen molar-refractivity contribution >= 4 is 23.2 Å². The molecule has 0 saturated heterocycles. The topological polar surface area (TPSA) is 58.6 Å². The van der Waals surface area contributed by atoms with Crippen molar-refractivity contribution in [1.29, 1.82) is 0 Å². The van der Waals surface area contributed by atoms with E-state index >= 15 is 0 Å². The summed E-state index contributed by atoms with van der Waals surface area (Å²) in [6.07, 6.45) is 0.222. The molecule has 0 radical (unpaired) electrons. The molecular formula is C21H26N2O3. The predicted octanol–water partition coefficient (Wildman–Crippen LogP) is 4.08. The van der Waals surface area contributed by atoms with Gasteiger partial charge in [-0.15, -0.1) is 0 Å². The van der Waals surface area contributed by atoms with Crippen LogP contribution < -0.4 is 15.0 Å². The van der Waals surface area contributed by atoms with Crippen LogP contribution in [0.5, 0.6) is 5.75 Å². The molecule has 5 nitrogen and oxygen atoms in total. The van der Waals surface area contributed by atoms with Crippen molar-refractivity contribution in [1.82, 2.24) is 0 Å². The highest BCUT2D eigenvalue weighted by Crippen LogP contribution is 2.21. The Kier molecular flexibility index (Phi) is 6.78. The molecule has 0 aliphatic carbocycles. The fourth-order valence-corrected chi connectivity index (χ4v) is 2.67. The van der Waals surface area contributed by atoms with Crippen LogP contribution >= 0.6 is 0 Å². The van der Waals surface area contributed by atoms with Crippen molar-refractivity contribution in [2.45, 2.75) is 34.1 Å². The molecule has 0 aliphatic rings. The highest BCUT2D eigenvalue weighted by atomic mass is 16.5. The van der Waals surface area contributed by atoms with Crippen LogP contribution in [0.3, 0.4) is 0 Å². The summed E-state index contributed by atoms with van der Waals surface area (Å²) in [5, 5.41) is 2.93. The molecule has 0 aromatic heterocycles. The molecule has 0 spiro atoms. The SMILES string of the molecule is CCOc1ccc(N(CCC(=O)Nc2cccc(C)c2C)C(C)=O)cc1. The number of hydrogen-bond acceptors (Lipinski definition) is 3. The number of benzene rings is 2. The van der Waals surface area contributed by atoms with Crippen molar-refractivity contribution in [3.63, 3.8) is 0 Å². The lowest BCUT2D eigenvalue weighted by atomic mass is 10.1. The van der Waals surface area contributed by atoms with Gasteiger partial charge in [0.25, 0.3) is 0 Å². The van der Waals surface area contributed by atoms with Gasteiger partial charge < -0.3 is 15.0 Å². The van der Waals surface area contributed by atoms with Crippen LogP contribution in [0, 0.1) is 13.8 Å². The third kappa shape index (κ3) is 5.09. The zero-order chi connectivity index (χ0) is 19.1. The number of amides is 2. The van der Waals surface area contributed by atoms with Gasteiger partial charge in [0.15, 0.2) is 0 Å². The quantitative estimate of drug-likeness (QED) is 0.815. The summed E-state index contributed by atoms with van der Waals surface area (Å²) in [5.41, 5.74) is 3.74. The normalized spacial score (nSPS) is 10.3. The van der Waals surface area contributed by atoms with Crippen LogP contribution in [0.25, 0.3) is 0 Å². The van der Waals surface area contributed by atoms with E-state index in [2.05, 4.69) is 5.32 Å². The van der Waals surface area contributed by atoms with E-state index in [1.807, 2.05) is 63.2 Å². The summed E-state index contributed by atoms with van der Waals surface area (Å²) >= 11 is 0. The van der Waals surface area contributed by atoms with E-state index in [9.17, 15) is 9.59 Å². The van der Waals surface area contributed by atoms with Gasteiger partial charge in [-0.1, -0.05) is 12.1 Å². The number of ether oxygens (including phenoxy) is 1.